The number of hydrogen-bond donors (Lipinski definition) is 4. The zero-order valence-electron chi connectivity index (χ0n) is 16.9. The largest absolute Gasteiger partial charge is 0.489 e. The summed E-state index contributed by atoms with van der Waals surface area (Å²) in [5, 5.41) is 32.5. The Bertz CT molecular complexity index is 843. The number of aryl methyl sites for hydroxylation is 1. The second-order valence-electron chi connectivity index (χ2n) is 7.21. The Morgan fingerprint density at radius 3 is 2.47 bits per heavy atom. The Labute approximate surface area is 175 Å². The van der Waals surface area contributed by atoms with Crippen LogP contribution in [0, 0.1) is 6.92 Å². The van der Waals surface area contributed by atoms with Gasteiger partial charge in [-0.1, -0.05) is 30.3 Å². The van der Waals surface area contributed by atoms with E-state index in [2.05, 4.69) is 5.32 Å². The van der Waals surface area contributed by atoms with Gasteiger partial charge in [-0.2, -0.15) is 0 Å². The molecule has 0 saturated carbocycles. The van der Waals surface area contributed by atoms with Gasteiger partial charge in [0.1, 0.15) is 36.8 Å². The number of carbonyl (C=O) groups excluding carboxylic acids is 1. The van der Waals surface area contributed by atoms with E-state index in [1.165, 1.54) is 7.11 Å². The average Bonchev–Trinajstić information content (AvgIpc) is 2.76. The van der Waals surface area contributed by atoms with Gasteiger partial charge in [0.15, 0.2) is 6.29 Å². The summed E-state index contributed by atoms with van der Waals surface area (Å²) in [6.45, 7) is 2.17. The molecule has 3 rings (SSSR count). The van der Waals surface area contributed by atoms with Gasteiger partial charge in [0, 0.05) is 19.2 Å². The monoisotopic (exact) mass is 417 g/mol. The van der Waals surface area contributed by atoms with Crippen LogP contribution in [0.5, 0.6) is 5.75 Å². The maximum absolute atomic E-state index is 12.6. The smallest absolute Gasteiger partial charge is 0.251 e. The molecule has 0 aromatic heterocycles. The number of rotatable bonds is 7. The lowest BCUT2D eigenvalue weighted by Gasteiger charge is -2.39. The quantitative estimate of drug-likeness (QED) is 0.525. The second-order valence-corrected chi connectivity index (χ2v) is 7.21. The van der Waals surface area contributed by atoms with E-state index in [0.29, 0.717) is 17.9 Å². The number of benzene rings is 2. The van der Waals surface area contributed by atoms with Gasteiger partial charge >= 0.3 is 0 Å². The normalized spacial score (nSPS) is 26.2. The summed E-state index contributed by atoms with van der Waals surface area (Å²) in [6, 6.07) is 14.9. The standard InChI is InChI=1S/C22H27NO7/c1-13-10-15(29-12-14-6-4-3-5-7-14)8-9-16(13)21(27)23-11-17-18(24)19(25)20(26)22(28-2)30-17/h3-10,17-20,22,24-26H,11-12H2,1-2H3,(H,23,27)/t17-,18-,19+,20-,22+/m1/s1. The van der Waals surface area contributed by atoms with Gasteiger partial charge in [0.25, 0.3) is 5.91 Å². The molecule has 5 atom stereocenters. The average molecular weight is 417 g/mol. The third-order valence-corrected chi connectivity index (χ3v) is 5.06. The highest BCUT2D eigenvalue weighted by Crippen LogP contribution is 2.22. The Morgan fingerprint density at radius 2 is 1.80 bits per heavy atom. The molecule has 162 valence electrons. The van der Waals surface area contributed by atoms with Crippen molar-refractivity contribution in [2.75, 3.05) is 13.7 Å². The molecule has 8 heteroatoms. The number of carbonyl (C=O) groups is 1. The fourth-order valence-electron chi connectivity index (χ4n) is 3.29. The Hall–Kier alpha value is -2.49. The van der Waals surface area contributed by atoms with Crippen molar-refractivity contribution < 1.29 is 34.3 Å². The van der Waals surface area contributed by atoms with Crippen LogP contribution in [0.1, 0.15) is 21.5 Å². The van der Waals surface area contributed by atoms with E-state index in [0.717, 1.165) is 11.1 Å². The van der Waals surface area contributed by atoms with Crippen molar-refractivity contribution in [2.24, 2.45) is 0 Å². The summed E-state index contributed by atoms with van der Waals surface area (Å²) in [7, 11) is 1.32. The third kappa shape index (κ3) is 5.16. The van der Waals surface area contributed by atoms with Crippen LogP contribution in [0.25, 0.3) is 0 Å². The molecule has 0 radical (unpaired) electrons. The number of ether oxygens (including phenoxy) is 3. The van der Waals surface area contributed by atoms with E-state index < -0.39 is 30.7 Å². The lowest BCUT2D eigenvalue weighted by molar-refractivity contribution is -0.288. The third-order valence-electron chi connectivity index (χ3n) is 5.06. The molecule has 0 aliphatic carbocycles. The molecule has 8 nitrogen and oxygen atoms in total. The first-order valence-electron chi connectivity index (χ1n) is 9.68. The molecule has 1 saturated heterocycles. The minimum atomic E-state index is -1.44. The molecular formula is C22H27NO7. The molecule has 0 unspecified atom stereocenters. The second kappa shape index (κ2) is 10.0. The molecule has 30 heavy (non-hydrogen) atoms. The van der Waals surface area contributed by atoms with Gasteiger partial charge in [-0.05, 0) is 36.2 Å². The zero-order chi connectivity index (χ0) is 21.7. The molecule has 2 aromatic carbocycles. The van der Waals surface area contributed by atoms with Gasteiger partial charge in [0.2, 0.25) is 0 Å². The SMILES string of the molecule is CO[C@H]1O[C@H](CNC(=O)c2ccc(OCc3ccccc3)cc2C)[C@@H](O)[C@H](O)[C@H]1O. The molecule has 4 N–H and O–H groups in total. The maximum atomic E-state index is 12.6. The summed E-state index contributed by atoms with van der Waals surface area (Å²) in [5.74, 6) is 0.298. The van der Waals surface area contributed by atoms with Crippen LogP contribution in [0.3, 0.4) is 0 Å². The highest BCUT2D eigenvalue weighted by Gasteiger charge is 2.43. The van der Waals surface area contributed by atoms with Crippen LogP contribution in [-0.2, 0) is 16.1 Å². The first kappa shape index (κ1) is 22.2. The summed E-state index contributed by atoms with van der Waals surface area (Å²) in [6.07, 6.45) is -6.18. The van der Waals surface area contributed by atoms with Crippen molar-refractivity contribution in [3.63, 3.8) is 0 Å². The number of aliphatic hydroxyl groups excluding tert-OH is 3. The predicted octanol–water partition coefficient (Wildman–Crippen LogP) is 0.758. The number of methoxy groups -OCH3 is 1. The molecule has 1 aliphatic heterocycles. The van der Waals surface area contributed by atoms with Crippen LogP contribution in [-0.4, -0.2) is 65.6 Å². The summed E-state index contributed by atoms with van der Waals surface area (Å²) < 4.78 is 16.2. The lowest BCUT2D eigenvalue weighted by atomic mass is 9.98. The van der Waals surface area contributed by atoms with Gasteiger partial charge < -0.3 is 34.8 Å². The van der Waals surface area contributed by atoms with E-state index in [1.54, 1.807) is 25.1 Å². The summed E-state index contributed by atoms with van der Waals surface area (Å²) in [4.78, 5) is 12.6. The number of hydrogen-bond acceptors (Lipinski definition) is 7. The van der Waals surface area contributed by atoms with Crippen LogP contribution >= 0.6 is 0 Å². The van der Waals surface area contributed by atoms with Crippen LogP contribution < -0.4 is 10.1 Å². The molecule has 1 heterocycles. The van der Waals surface area contributed by atoms with Gasteiger partial charge in [0.05, 0.1) is 0 Å². The van der Waals surface area contributed by atoms with Crippen LogP contribution in [0.15, 0.2) is 48.5 Å². The van der Waals surface area contributed by atoms with Crippen molar-refractivity contribution in [1.29, 1.82) is 0 Å². The fraction of sp³-hybridized carbons (Fsp3) is 0.409. The van der Waals surface area contributed by atoms with Crippen LogP contribution in [0.2, 0.25) is 0 Å². The zero-order valence-corrected chi connectivity index (χ0v) is 16.9. The maximum Gasteiger partial charge on any atom is 0.251 e. The molecule has 0 spiro atoms. The molecule has 2 aromatic rings. The van der Waals surface area contributed by atoms with Gasteiger partial charge in [-0.15, -0.1) is 0 Å². The Kier molecular flexibility index (Phi) is 7.41. The molecule has 1 amide bonds. The minimum absolute atomic E-state index is 0.0602. The highest BCUT2D eigenvalue weighted by atomic mass is 16.7. The summed E-state index contributed by atoms with van der Waals surface area (Å²) >= 11 is 0. The first-order chi connectivity index (χ1) is 14.4. The van der Waals surface area contributed by atoms with Crippen molar-refractivity contribution in [1.82, 2.24) is 5.32 Å². The van der Waals surface area contributed by atoms with Crippen molar-refractivity contribution in [3.8, 4) is 5.75 Å². The van der Waals surface area contributed by atoms with Crippen molar-refractivity contribution >= 4 is 5.91 Å². The van der Waals surface area contributed by atoms with E-state index in [-0.39, 0.29) is 12.5 Å². The van der Waals surface area contributed by atoms with E-state index >= 15 is 0 Å². The number of nitrogens with one attached hydrogen (secondary N) is 1. The van der Waals surface area contributed by atoms with E-state index in [9.17, 15) is 20.1 Å². The van der Waals surface area contributed by atoms with Gasteiger partial charge in [-0.3, -0.25) is 4.79 Å². The summed E-state index contributed by atoms with van der Waals surface area (Å²) in [5.41, 5.74) is 2.23. The number of aliphatic hydroxyl groups is 3. The first-order valence-corrected chi connectivity index (χ1v) is 9.68. The molecule has 1 aliphatic rings. The molecule has 0 bridgehead atoms. The van der Waals surface area contributed by atoms with Crippen molar-refractivity contribution in [2.45, 2.75) is 44.2 Å². The minimum Gasteiger partial charge on any atom is -0.489 e. The highest BCUT2D eigenvalue weighted by molar-refractivity contribution is 5.95. The van der Waals surface area contributed by atoms with Gasteiger partial charge in [-0.25, -0.2) is 0 Å². The molecule has 1 fully saturated rings. The predicted molar refractivity (Wildman–Crippen MR) is 108 cm³/mol. The lowest BCUT2D eigenvalue weighted by Crippen LogP contribution is -2.60. The van der Waals surface area contributed by atoms with Crippen LogP contribution in [0.4, 0.5) is 0 Å². The fourth-order valence-corrected chi connectivity index (χ4v) is 3.29. The van der Waals surface area contributed by atoms with Crippen molar-refractivity contribution in [3.05, 3.63) is 65.2 Å². The topological polar surface area (TPSA) is 117 Å². The molecular weight excluding hydrogens is 390 g/mol. The number of amides is 1. The van der Waals surface area contributed by atoms with E-state index in [4.69, 9.17) is 14.2 Å². The Morgan fingerprint density at radius 1 is 1.07 bits per heavy atom. The van der Waals surface area contributed by atoms with E-state index in [1.807, 2.05) is 30.3 Å². The Balaban J connectivity index is 1.57.